The molecule has 0 aromatic rings. The molecule has 1 saturated heterocycles. The normalized spacial score (nSPS) is 19.5. The van der Waals surface area contributed by atoms with Gasteiger partial charge in [-0.3, -0.25) is 15.0 Å². The van der Waals surface area contributed by atoms with Gasteiger partial charge in [0.15, 0.2) is 0 Å². The highest BCUT2D eigenvalue weighted by atomic mass is 35.5. The molecule has 0 aromatic carbocycles. The molecule has 7 nitrogen and oxygen atoms in total. The summed E-state index contributed by atoms with van der Waals surface area (Å²) in [5.74, 6) is -1.48. The fourth-order valence-corrected chi connectivity index (χ4v) is 1.48. The Morgan fingerprint density at radius 3 is 2.88 bits per heavy atom. The molecule has 1 heterocycles. The lowest BCUT2D eigenvalue weighted by atomic mass is 10.0. The maximum Gasteiger partial charge on any atom is 0.428 e. The van der Waals surface area contributed by atoms with Gasteiger partial charge in [-0.05, 0) is 0 Å². The second-order valence-electron chi connectivity index (χ2n) is 3.37. The zero-order valence-electron chi connectivity index (χ0n) is 9.27. The molecule has 1 unspecified atom stereocenters. The first-order chi connectivity index (χ1) is 8.08. The van der Waals surface area contributed by atoms with Crippen LogP contribution in [0.5, 0.6) is 0 Å². The lowest BCUT2D eigenvalue weighted by molar-refractivity contribution is -0.151. The summed E-state index contributed by atoms with van der Waals surface area (Å²) < 4.78 is 9.26. The van der Waals surface area contributed by atoms with Crippen molar-refractivity contribution in [1.82, 2.24) is 10.4 Å². The maximum absolute atomic E-state index is 11.4. The third-order valence-corrected chi connectivity index (χ3v) is 2.31. The van der Waals surface area contributed by atoms with Crippen LogP contribution >= 0.6 is 11.6 Å². The molecular weight excluding hydrogens is 252 g/mol. The van der Waals surface area contributed by atoms with E-state index in [9.17, 15) is 14.4 Å². The van der Waals surface area contributed by atoms with Crippen molar-refractivity contribution < 1.29 is 23.9 Å². The number of alkyl halides is 1. The quantitative estimate of drug-likeness (QED) is 0.568. The number of nitrogens with one attached hydrogen (secondary N) is 1. The number of nitrogens with zero attached hydrogens (tertiary/aromatic N) is 1. The van der Waals surface area contributed by atoms with E-state index in [-0.39, 0.29) is 25.5 Å². The van der Waals surface area contributed by atoms with Crippen LogP contribution in [-0.4, -0.2) is 49.1 Å². The Balaban J connectivity index is 2.58. The summed E-state index contributed by atoms with van der Waals surface area (Å²) >= 11 is 5.36. The van der Waals surface area contributed by atoms with Crippen LogP contribution in [0.2, 0.25) is 0 Å². The molecule has 0 aliphatic carbocycles. The van der Waals surface area contributed by atoms with Gasteiger partial charge in [-0.2, -0.15) is 0 Å². The number of hydrogen-bond acceptors (Lipinski definition) is 5. The molecule has 2 amide bonds. The molecule has 1 aliphatic heterocycles. The van der Waals surface area contributed by atoms with Gasteiger partial charge in [-0.25, -0.2) is 9.80 Å². The predicted octanol–water partition coefficient (Wildman–Crippen LogP) is -0.112. The third-order valence-electron chi connectivity index (χ3n) is 2.15. The average molecular weight is 265 g/mol. The summed E-state index contributed by atoms with van der Waals surface area (Å²) in [4.78, 5) is 34.0. The fraction of sp³-hybridized carbons (Fsp3) is 0.667. The maximum atomic E-state index is 11.4. The van der Waals surface area contributed by atoms with Crippen molar-refractivity contribution in [2.75, 3.05) is 26.1 Å². The molecule has 0 saturated carbocycles. The number of ether oxygens (including phenoxy) is 2. The van der Waals surface area contributed by atoms with Gasteiger partial charge in [-0.1, -0.05) is 0 Å². The van der Waals surface area contributed by atoms with Crippen molar-refractivity contribution in [3.8, 4) is 0 Å². The zero-order chi connectivity index (χ0) is 12.8. The van der Waals surface area contributed by atoms with Gasteiger partial charge in [0.05, 0.1) is 25.5 Å². The average Bonchev–Trinajstić information content (AvgIpc) is 2.34. The number of esters is 1. The highest BCUT2D eigenvalue weighted by Gasteiger charge is 2.33. The number of rotatable bonds is 3. The Bertz CT molecular complexity index is 323. The molecule has 0 aromatic heterocycles. The molecule has 8 heteroatoms. The third kappa shape index (κ3) is 3.77. The summed E-state index contributed by atoms with van der Waals surface area (Å²) in [7, 11) is 1.23. The van der Waals surface area contributed by atoms with Crippen LogP contribution in [0.15, 0.2) is 0 Å². The monoisotopic (exact) mass is 264 g/mol. The van der Waals surface area contributed by atoms with Gasteiger partial charge in [0.2, 0.25) is 5.91 Å². The Morgan fingerprint density at radius 1 is 1.59 bits per heavy atom. The van der Waals surface area contributed by atoms with Crippen LogP contribution in [0, 0.1) is 5.92 Å². The number of carbonyl (C=O) groups excluding carboxylic acids is 3. The fourth-order valence-electron chi connectivity index (χ4n) is 1.40. The second-order valence-corrected chi connectivity index (χ2v) is 3.75. The molecule has 1 aliphatic rings. The van der Waals surface area contributed by atoms with E-state index in [1.54, 1.807) is 0 Å². The molecule has 96 valence electrons. The van der Waals surface area contributed by atoms with Gasteiger partial charge in [0.1, 0.15) is 6.61 Å². The van der Waals surface area contributed by atoms with E-state index in [1.165, 1.54) is 7.11 Å². The lowest BCUT2D eigenvalue weighted by Gasteiger charge is -2.30. The Kier molecular flexibility index (Phi) is 5.02. The van der Waals surface area contributed by atoms with Crippen molar-refractivity contribution in [2.24, 2.45) is 5.92 Å². The Hall–Kier alpha value is -1.50. The molecular formula is C9H13ClN2O5. The van der Waals surface area contributed by atoms with Crippen LogP contribution in [0.25, 0.3) is 0 Å². The smallest absolute Gasteiger partial charge is 0.428 e. The molecule has 17 heavy (non-hydrogen) atoms. The van der Waals surface area contributed by atoms with Gasteiger partial charge >= 0.3 is 12.1 Å². The van der Waals surface area contributed by atoms with Crippen LogP contribution in [-0.2, 0) is 19.1 Å². The molecule has 1 atom stereocenters. The van der Waals surface area contributed by atoms with E-state index < -0.39 is 23.9 Å². The van der Waals surface area contributed by atoms with Crippen LogP contribution < -0.4 is 5.43 Å². The van der Waals surface area contributed by atoms with E-state index in [0.717, 1.165) is 5.01 Å². The number of hydrazine groups is 1. The van der Waals surface area contributed by atoms with Gasteiger partial charge in [-0.15, -0.1) is 11.6 Å². The number of amides is 2. The summed E-state index contributed by atoms with van der Waals surface area (Å²) in [6.45, 7) is 0.0647. The molecule has 0 bridgehead atoms. The second kappa shape index (κ2) is 6.29. The number of hydrogen-bond donors (Lipinski definition) is 1. The van der Waals surface area contributed by atoms with Crippen molar-refractivity contribution in [1.29, 1.82) is 0 Å². The van der Waals surface area contributed by atoms with Crippen molar-refractivity contribution in [3.63, 3.8) is 0 Å². The molecule has 1 rings (SSSR count). The van der Waals surface area contributed by atoms with Crippen LogP contribution in [0.3, 0.4) is 0 Å². The molecule has 0 spiro atoms. The van der Waals surface area contributed by atoms with E-state index in [1.807, 2.05) is 0 Å². The minimum absolute atomic E-state index is 0.00798. The van der Waals surface area contributed by atoms with Crippen molar-refractivity contribution >= 4 is 29.6 Å². The topological polar surface area (TPSA) is 84.9 Å². The Labute approximate surface area is 103 Å². The van der Waals surface area contributed by atoms with Crippen molar-refractivity contribution in [3.05, 3.63) is 0 Å². The summed E-state index contributed by atoms with van der Waals surface area (Å²) in [5.41, 5.74) is 2.30. The largest absolute Gasteiger partial charge is 0.469 e. The van der Waals surface area contributed by atoms with E-state index in [2.05, 4.69) is 10.2 Å². The molecule has 1 fully saturated rings. The molecule has 1 N–H and O–H groups in total. The zero-order valence-corrected chi connectivity index (χ0v) is 10.0. The Morgan fingerprint density at radius 2 is 2.29 bits per heavy atom. The summed E-state index contributed by atoms with van der Waals surface area (Å²) in [6, 6.07) is 0. The number of carbonyl (C=O) groups is 3. The predicted molar refractivity (Wildman–Crippen MR) is 57.0 cm³/mol. The first-order valence-corrected chi connectivity index (χ1v) is 5.49. The highest BCUT2D eigenvalue weighted by Crippen LogP contribution is 2.13. The summed E-state index contributed by atoms with van der Waals surface area (Å²) in [6.07, 6.45) is -0.751. The van der Waals surface area contributed by atoms with E-state index >= 15 is 0 Å². The van der Waals surface area contributed by atoms with Crippen LogP contribution in [0.4, 0.5) is 4.79 Å². The van der Waals surface area contributed by atoms with Crippen molar-refractivity contribution in [2.45, 2.75) is 6.42 Å². The van der Waals surface area contributed by atoms with E-state index in [0.29, 0.717) is 0 Å². The highest BCUT2D eigenvalue weighted by molar-refractivity contribution is 6.18. The summed E-state index contributed by atoms with van der Waals surface area (Å²) in [5, 5.41) is 0.944. The van der Waals surface area contributed by atoms with Crippen LogP contribution in [0.1, 0.15) is 6.42 Å². The number of methoxy groups -OCH3 is 1. The minimum Gasteiger partial charge on any atom is -0.469 e. The first kappa shape index (κ1) is 13.6. The van der Waals surface area contributed by atoms with Gasteiger partial charge in [0, 0.05) is 6.42 Å². The lowest BCUT2D eigenvalue weighted by Crippen LogP contribution is -2.55. The minimum atomic E-state index is -0.743. The number of halogens is 1. The van der Waals surface area contributed by atoms with Gasteiger partial charge < -0.3 is 9.47 Å². The SMILES string of the molecule is COC(=O)C1CC(=O)NN(C(=O)OCCCl)C1. The standard InChI is InChI=1S/C9H13ClN2O5/c1-16-8(14)6-4-7(13)11-12(5-6)9(15)17-3-2-10/h6H,2-5H2,1H3,(H,11,13). The molecule has 0 radical (unpaired) electrons. The first-order valence-electron chi connectivity index (χ1n) is 4.96. The van der Waals surface area contributed by atoms with Gasteiger partial charge in [0.25, 0.3) is 0 Å². The van der Waals surface area contributed by atoms with E-state index in [4.69, 9.17) is 16.3 Å².